The minimum absolute atomic E-state index is 0.0146. The van der Waals surface area contributed by atoms with Crippen molar-refractivity contribution in [2.45, 2.75) is 13.0 Å². The number of nitrogens with one attached hydrogen (secondary N) is 1. The van der Waals surface area contributed by atoms with Gasteiger partial charge >= 0.3 is 5.97 Å². The Bertz CT molecular complexity index is 1120. The molecule has 1 amide bonds. The molecular weight excluding hydrogens is 392 g/mol. The van der Waals surface area contributed by atoms with Crippen molar-refractivity contribution in [3.63, 3.8) is 0 Å². The van der Waals surface area contributed by atoms with Gasteiger partial charge in [0.05, 0.1) is 4.92 Å². The van der Waals surface area contributed by atoms with E-state index in [-0.39, 0.29) is 23.2 Å². The molecule has 30 heavy (non-hydrogen) atoms. The maximum absolute atomic E-state index is 12.9. The molecule has 0 radical (unpaired) electrons. The average molecular weight is 408 g/mol. The molecule has 1 aliphatic rings. The highest BCUT2D eigenvalue weighted by molar-refractivity contribution is 6.30. The number of amides is 1. The number of nitro groups is 1. The van der Waals surface area contributed by atoms with Crippen LogP contribution < -0.4 is 5.32 Å². The van der Waals surface area contributed by atoms with Crippen molar-refractivity contribution in [3.05, 3.63) is 87.0 Å². The van der Waals surface area contributed by atoms with Crippen LogP contribution in [0, 0.1) is 10.1 Å². The van der Waals surface area contributed by atoms with Gasteiger partial charge in [0.15, 0.2) is 11.9 Å². The van der Waals surface area contributed by atoms with Gasteiger partial charge in [-0.1, -0.05) is 30.3 Å². The van der Waals surface area contributed by atoms with Crippen LogP contribution in [0.4, 0.5) is 5.69 Å². The Labute approximate surface area is 170 Å². The molecule has 1 N–H and O–H groups in total. The van der Waals surface area contributed by atoms with Crippen LogP contribution in [0.25, 0.3) is 0 Å². The van der Waals surface area contributed by atoms with Gasteiger partial charge in [-0.2, -0.15) is 0 Å². The van der Waals surface area contributed by atoms with Gasteiger partial charge in [-0.05, 0) is 19.1 Å². The van der Waals surface area contributed by atoms with Crippen molar-refractivity contribution in [1.82, 2.24) is 5.32 Å². The van der Waals surface area contributed by atoms with Gasteiger partial charge < -0.3 is 10.1 Å². The van der Waals surface area contributed by atoms with Crippen LogP contribution in [0.1, 0.15) is 49.1 Å². The molecular formula is C21H16N2O7. The van der Waals surface area contributed by atoms with Crippen LogP contribution in [0.2, 0.25) is 0 Å². The molecule has 0 saturated carbocycles. The van der Waals surface area contributed by atoms with E-state index in [1.165, 1.54) is 37.3 Å². The number of carbonyl (C=O) groups excluding carboxylic acids is 4. The lowest BCUT2D eigenvalue weighted by atomic mass is 9.82. The largest absolute Gasteiger partial charge is 0.449 e. The Kier molecular flexibility index (Phi) is 5.54. The van der Waals surface area contributed by atoms with Crippen LogP contribution in [0.5, 0.6) is 0 Å². The van der Waals surface area contributed by atoms with Gasteiger partial charge in [0, 0.05) is 23.2 Å². The number of hydrogen-bond donors (Lipinski definition) is 1. The van der Waals surface area contributed by atoms with E-state index in [9.17, 15) is 29.3 Å². The number of hydrogen-bond acceptors (Lipinski definition) is 7. The average Bonchev–Trinajstić information content (AvgIpc) is 2.74. The fourth-order valence-electron chi connectivity index (χ4n) is 3.12. The first-order chi connectivity index (χ1) is 14.3. The van der Waals surface area contributed by atoms with E-state index in [0.29, 0.717) is 0 Å². The van der Waals surface area contributed by atoms with E-state index in [1.54, 1.807) is 6.07 Å². The van der Waals surface area contributed by atoms with Crippen molar-refractivity contribution < 1.29 is 28.8 Å². The predicted molar refractivity (Wildman–Crippen MR) is 104 cm³/mol. The third-order valence-electron chi connectivity index (χ3n) is 4.54. The smallest absolute Gasteiger partial charge is 0.345 e. The minimum atomic E-state index is -1.24. The van der Waals surface area contributed by atoms with Crippen molar-refractivity contribution in [2.75, 3.05) is 6.54 Å². The van der Waals surface area contributed by atoms with E-state index in [1.807, 2.05) is 0 Å². The summed E-state index contributed by atoms with van der Waals surface area (Å²) in [5.41, 5.74) is -1.85. The molecule has 0 aliphatic heterocycles. The SMILES string of the molecule is C=CCNC(=O)C(C)OC(=O)c1ccc2c(c1[N+](=O)[O-])C(=O)c1ccccc1C2=O. The molecule has 0 spiro atoms. The molecule has 0 aromatic heterocycles. The molecule has 3 rings (SSSR count). The van der Waals surface area contributed by atoms with Crippen molar-refractivity contribution in [2.24, 2.45) is 0 Å². The Hall–Kier alpha value is -4.14. The minimum Gasteiger partial charge on any atom is -0.449 e. The van der Waals surface area contributed by atoms with Crippen LogP contribution in [-0.2, 0) is 9.53 Å². The van der Waals surface area contributed by atoms with Gasteiger partial charge in [-0.15, -0.1) is 6.58 Å². The van der Waals surface area contributed by atoms with Gasteiger partial charge in [0.1, 0.15) is 11.1 Å². The Morgan fingerprint density at radius 2 is 1.77 bits per heavy atom. The Balaban J connectivity index is 2.04. The lowest BCUT2D eigenvalue weighted by molar-refractivity contribution is -0.385. The summed E-state index contributed by atoms with van der Waals surface area (Å²) in [5, 5.41) is 14.2. The molecule has 9 nitrogen and oxygen atoms in total. The number of benzene rings is 2. The summed E-state index contributed by atoms with van der Waals surface area (Å²) in [4.78, 5) is 60.9. The molecule has 152 valence electrons. The van der Waals surface area contributed by atoms with Crippen molar-refractivity contribution >= 4 is 29.1 Å². The second kappa shape index (κ2) is 8.08. The molecule has 0 fully saturated rings. The maximum Gasteiger partial charge on any atom is 0.345 e. The van der Waals surface area contributed by atoms with Crippen LogP contribution in [0.3, 0.4) is 0 Å². The first kappa shape index (κ1) is 20.6. The summed E-state index contributed by atoms with van der Waals surface area (Å²) in [5.74, 6) is -3.08. The standard InChI is InChI=1S/C21H16N2O7/c1-3-10-22-20(26)11(2)30-21(27)15-9-8-14-16(17(15)23(28)29)19(25)13-7-5-4-6-12(13)18(14)24/h3-9,11H,1,10H2,2H3,(H,22,26). The third kappa shape index (κ3) is 3.48. The number of nitrogens with zero attached hydrogens (tertiary/aromatic N) is 1. The summed E-state index contributed by atoms with van der Waals surface area (Å²) >= 11 is 0. The molecule has 1 aliphatic carbocycles. The molecule has 0 heterocycles. The van der Waals surface area contributed by atoms with Crippen LogP contribution in [0.15, 0.2) is 49.1 Å². The highest BCUT2D eigenvalue weighted by atomic mass is 16.6. The molecule has 1 unspecified atom stereocenters. The third-order valence-corrected chi connectivity index (χ3v) is 4.54. The van der Waals surface area contributed by atoms with E-state index in [2.05, 4.69) is 11.9 Å². The summed E-state index contributed by atoms with van der Waals surface area (Å²) < 4.78 is 5.02. The number of nitro benzene ring substituents is 1. The van der Waals surface area contributed by atoms with E-state index >= 15 is 0 Å². The summed E-state index contributed by atoms with van der Waals surface area (Å²) in [6.07, 6.45) is 0.187. The summed E-state index contributed by atoms with van der Waals surface area (Å²) in [6, 6.07) is 8.18. The van der Waals surface area contributed by atoms with Crippen molar-refractivity contribution in [1.29, 1.82) is 0 Å². The zero-order valence-electron chi connectivity index (χ0n) is 15.8. The predicted octanol–water partition coefficient (Wildman–Crippen LogP) is 2.22. The Morgan fingerprint density at radius 3 is 2.37 bits per heavy atom. The highest BCUT2D eigenvalue weighted by Crippen LogP contribution is 2.35. The monoisotopic (exact) mass is 408 g/mol. The lowest BCUT2D eigenvalue weighted by Gasteiger charge is -2.18. The van der Waals surface area contributed by atoms with E-state index < -0.39 is 51.3 Å². The summed E-state index contributed by atoms with van der Waals surface area (Å²) in [7, 11) is 0. The molecule has 0 bridgehead atoms. The zero-order valence-corrected chi connectivity index (χ0v) is 15.8. The zero-order chi connectivity index (χ0) is 22.0. The number of ether oxygens (including phenoxy) is 1. The van der Waals surface area contributed by atoms with Crippen LogP contribution >= 0.6 is 0 Å². The van der Waals surface area contributed by atoms with Gasteiger partial charge in [-0.25, -0.2) is 4.79 Å². The second-order valence-electron chi connectivity index (χ2n) is 6.43. The number of rotatable bonds is 6. The molecule has 1 atom stereocenters. The van der Waals surface area contributed by atoms with Gasteiger partial charge in [0.25, 0.3) is 11.6 Å². The van der Waals surface area contributed by atoms with Crippen molar-refractivity contribution in [3.8, 4) is 0 Å². The lowest BCUT2D eigenvalue weighted by Crippen LogP contribution is -2.36. The topological polar surface area (TPSA) is 133 Å². The van der Waals surface area contributed by atoms with E-state index in [0.717, 1.165) is 6.07 Å². The number of ketones is 2. The van der Waals surface area contributed by atoms with Gasteiger partial charge in [0.2, 0.25) is 5.78 Å². The fourth-order valence-corrected chi connectivity index (χ4v) is 3.12. The molecule has 2 aromatic carbocycles. The summed E-state index contributed by atoms with van der Waals surface area (Å²) in [6.45, 7) is 4.89. The number of fused-ring (bicyclic) bond motifs is 2. The highest BCUT2D eigenvalue weighted by Gasteiger charge is 2.39. The first-order valence-electron chi connectivity index (χ1n) is 8.87. The maximum atomic E-state index is 12.9. The van der Waals surface area contributed by atoms with Crippen LogP contribution in [-0.4, -0.2) is 41.0 Å². The molecule has 0 saturated heterocycles. The Morgan fingerprint density at radius 1 is 1.13 bits per heavy atom. The second-order valence-corrected chi connectivity index (χ2v) is 6.43. The normalized spacial score (nSPS) is 13.0. The van der Waals surface area contributed by atoms with E-state index in [4.69, 9.17) is 4.74 Å². The fraction of sp³-hybridized carbons (Fsp3) is 0.143. The quantitative estimate of drug-likeness (QED) is 0.286. The molecule has 2 aromatic rings. The van der Waals surface area contributed by atoms with Gasteiger partial charge in [-0.3, -0.25) is 24.5 Å². The molecule has 9 heteroatoms. The number of esters is 1. The first-order valence-corrected chi connectivity index (χ1v) is 8.87. The number of carbonyl (C=O) groups is 4.